The number of hydrogen-bond acceptors (Lipinski definition) is 2. The zero-order chi connectivity index (χ0) is 10.7. The molecule has 0 saturated heterocycles. The number of rotatable bonds is 3. The molecule has 1 rings (SSSR count). The number of aliphatic hydroxyl groups is 1. The van der Waals surface area contributed by atoms with Gasteiger partial charge in [0.1, 0.15) is 5.82 Å². The maximum absolute atomic E-state index is 13.2. The molecule has 0 fully saturated rings. The van der Waals surface area contributed by atoms with Crippen LogP contribution in [0.25, 0.3) is 0 Å². The zero-order valence-electron chi connectivity index (χ0n) is 7.71. The fraction of sp³-hybridized carbons (Fsp3) is 0.333. The second-order valence-corrected chi connectivity index (χ2v) is 3.75. The summed E-state index contributed by atoms with van der Waals surface area (Å²) in [5, 5.41) is 9.17. The second-order valence-electron chi connectivity index (χ2n) is 2.97. The second kappa shape index (κ2) is 6.51. The van der Waals surface area contributed by atoms with Crippen molar-refractivity contribution >= 4 is 35.6 Å². The Morgan fingerprint density at radius 1 is 1.40 bits per heavy atom. The van der Waals surface area contributed by atoms with E-state index in [2.05, 4.69) is 0 Å². The van der Waals surface area contributed by atoms with Crippen molar-refractivity contribution in [2.45, 2.75) is 12.5 Å². The summed E-state index contributed by atoms with van der Waals surface area (Å²) >= 11 is 11.5. The molecule has 0 bridgehead atoms. The van der Waals surface area contributed by atoms with Crippen LogP contribution in [0.1, 0.15) is 5.56 Å². The van der Waals surface area contributed by atoms with E-state index in [-0.39, 0.29) is 41.0 Å². The van der Waals surface area contributed by atoms with Gasteiger partial charge in [0.15, 0.2) is 0 Å². The summed E-state index contributed by atoms with van der Waals surface area (Å²) in [5.41, 5.74) is 5.73. The van der Waals surface area contributed by atoms with Crippen LogP contribution < -0.4 is 5.73 Å². The van der Waals surface area contributed by atoms with Crippen LogP contribution in [0, 0.1) is 5.82 Å². The van der Waals surface area contributed by atoms with E-state index in [0.717, 1.165) is 0 Å². The molecule has 0 aliphatic heterocycles. The van der Waals surface area contributed by atoms with E-state index in [9.17, 15) is 4.39 Å². The molecule has 3 N–H and O–H groups in total. The summed E-state index contributed by atoms with van der Waals surface area (Å²) in [6, 6.07) is 2.08. The summed E-state index contributed by atoms with van der Waals surface area (Å²) in [4.78, 5) is 0. The molecule has 0 amide bonds. The highest BCUT2D eigenvalue weighted by Gasteiger charge is 2.13. The molecule has 1 aromatic rings. The van der Waals surface area contributed by atoms with E-state index in [1.54, 1.807) is 0 Å². The molecule has 0 radical (unpaired) electrons. The highest BCUT2D eigenvalue weighted by atomic mass is 35.5. The Hall–Kier alpha value is -0.0600. The third-order valence-corrected chi connectivity index (χ3v) is 2.68. The van der Waals surface area contributed by atoms with Crippen molar-refractivity contribution in [3.63, 3.8) is 0 Å². The summed E-state index contributed by atoms with van der Waals surface area (Å²) in [6.45, 7) is -0.220. The van der Waals surface area contributed by atoms with Crippen molar-refractivity contribution in [2.24, 2.45) is 5.73 Å². The highest BCUT2D eigenvalue weighted by Crippen LogP contribution is 2.28. The number of nitrogens with two attached hydrogens (primary N) is 1. The van der Waals surface area contributed by atoms with E-state index in [0.29, 0.717) is 0 Å². The van der Waals surface area contributed by atoms with E-state index in [1.165, 1.54) is 12.1 Å². The number of benzene rings is 1. The first-order chi connectivity index (χ1) is 6.56. The van der Waals surface area contributed by atoms with Gasteiger partial charge in [0.25, 0.3) is 0 Å². The van der Waals surface area contributed by atoms with Gasteiger partial charge >= 0.3 is 0 Å². The lowest BCUT2D eigenvalue weighted by Crippen LogP contribution is -2.27. The largest absolute Gasteiger partial charge is 0.395 e. The lowest BCUT2D eigenvalue weighted by Gasteiger charge is -2.11. The third-order valence-electron chi connectivity index (χ3n) is 1.84. The van der Waals surface area contributed by atoms with Gasteiger partial charge in [-0.3, -0.25) is 0 Å². The molecular formula is C9H11Cl3FNO. The molecule has 0 aliphatic carbocycles. The van der Waals surface area contributed by atoms with Gasteiger partial charge in [-0.05, 0) is 18.6 Å². The minimum Gasteiger partial charge on any atom is -0.395 e. The molecule has 1 aromatic carbocycles. The average Bonchev–Trinajstić information content (AvgIpc) is 2.18. The molecule has 0 aromatic heterocycles. The van der Waals surface area contributed by atoms with Crippen molar-refractivity contribution in [3.05, 3.63) is 33.6 Å². The molecule has 86 valence electrons. The van der Waals surface area contributed by atoms with Gasteiger partial charge in [-0.25, -0.2) is 4.39 Å². The lowest BCUT2D eigenvalue weighted by molar-refractivity contribution is 0.264. The van der Waals surface area contributed by atoms with Gasteiger partial charge in [-0.2, -0.15) is 0 Å². The van der Waals surface area contributed by atoms with Gasteiger partial charge < -0.3 is 10.8 Å². The van der Waals surface area contributed by atoms with Crippen LogP contribution in [0.3, 0.4) is 0 Å². The van der Waals surface area contributed by atoms with Crippen LogP contribution in [-0.2, 0) is 6.42 Å². The molecule has 0 aliphatic rings. The zero-order valence-corrected chi connectivity index (χ0v) is 10.0. The van der Waals surface area contributed by atoms with Crippen molar-refractivity contribution in [3.8, 4) is 0 Å². The maximum atomic E-state index is 13.2. The third kappa shape index (κ3) is 3.78. The Morgan fingerprint density at radius 2 is 2.00 bits per heavy atom. The monoisotopic (exact) mass is 273 g/mol. The molecule has 0 spiro atoms. The summed E-state index contributed by atoms with van der Waals surface area (Å²) in [6.07, 6.45) is 0.168. The van der Waals surface area contributed by atoms with Crippen molar-refractivity contribution in [1.82, 2.24) is 0 Å². The first kappa shape index (κ1) is 14.9. The first-order valence-electron chi connectivity index (χ1n) is 4.05. The smallest absolute Gasteiger partial charge is 0.128 e. The molecule has 1 atom stereocenters. The van der Waals surface area contributed by atoms with Gasteiger partial charge in [0.05, 0.1) is 16.7 Å². The number of hydrogen-bond donors (Lipinski definition) is 2. The van der Waals surface area contributed by atoms with Crippen LogP contribution in [0.15, 0.2) is 12.1 Å². The Kier molecular flexibility index (Phi) is 6.48. The van der Waals surface area contributed by atoms with Crippen LogP contribution in [-0.4, -0.2) is 17.8 Å². The maximum Gasteiger partial charge on any atom is 0.128 e. The molecule has 0 heterocycles. The highest BCUT2D eigenvalue weighted by molar-refractivity contribution is 6.42. The van der Waals surface area contributed by atoms with Crippen LogP contribution >= 0.6 is 35.6 Å². The quantitative estimate of drug-likeness (QED) is 0.832. The van der Waals surface area contributed by atoms with Crippen LogP contribution in [0.2, 0.25) is 10.0 Å². The molecular weight excluding hydrogens is 263 g/mol. The minimum absolute atomic E-state index is 0. The van der Waals surface area contributed by atoms with Gasteiger partial charge in [-0.1, -0.05) is 23.2 Å². The molecule has 15 heavy (non-hydrogen) atoms. The molecule has 1 unspecified atom stereocenters. The van der Waals surface area contributed by atoms with Gasteiger partial charge in [0.2, 0.25) is 0 Å². The van der Waals surface area contributed by atoms with E-state index >= 15 is 0 Å². The summed E-state index contributed by atoms with van der Waals surface area (Å²) in [7, 11) is 0. The van der Waals surface area contributed by atoms with Gasteiger partial charge in [-0.15, -0.1) is 12.4 Å². The predicted molar refractivity (Wildman–Crippen MR) is 62.4 cm³/mol. The van der Waals surface area contributed by atoms with Crippen molar-refractivity contribution < 1.29 is 9.50 Å². The SMILES string of the molecule is Cl.NC(CO)Cc1c(F)ccc(Cl)c1Cl. The lowest BCUT2D eigenvalue weighted by atomic mass is 10.1. The summed E-state index contributed by atoms with van der Waals surface area (Å²) < 4.78 is 13.2. The Labute approximate surface area is 104 Å². The van der Waals surface area contributed by atoms with E-state index in [1.807, 2.05) is 0 Å². The topological polar surface area (TPSA) is 46.2 Å². The number of halogens is 4. The van der Waals surface area contributed by atoms with Crippen molar-refractivity contribution in [2.75, 3.05) is 6.61 Å². The van der Waals surface area contributed by atoms with E-state index < -0.39 is 11.9 Å². The standard InChI is InChI=1S/C9H10Cl2FNO.ClH/c10-7-1-2-8(12)6(9(7)11)3-5(13)4-14;/h1-2,5,14H,3-4,13H2;1H. The first-order valence-corrected chi connectivity index (χ1v) is 4.80. The summed E-state index contributed by atoms with van der Waals surface area (Å²) in [5.74, 6) is -0.455. The molecule has 2 nitrogen and oxygen atoms in total. The molecule has 0 saturated carbocycles. The molecule has 6 heteroatoms. The fourth-order valence-electron chi connectivity index (χ4n) is 1.08. The van der Waals surface area contributed by atoms with E-state index in [4.69, 9.17) is 34.0 Å². The van der Waals surface area contributed by atoms with Crippen LogP contribution in [0.4, 0.5) is 4.39 Å². The van der Waals surface area contributed by atoms with Crippen molar-refractivity contribution in [1.29, 1.82) is 0 Å². The average molecular weight is 275 g/mol. The Balaban J connectivity index is 0.00000196. The Morgan fingerprint density at radius 3 is 2.53 bits per heavy atom. The normalized spacial score (nSPS) is 12.1. The van der Waals surface area contributed by atoms with Crippen LogP contribution in [0.5, 0.6) is 0 Å². The van der Waals surface area contributed by atoms with Gasteiger partial charge in [0, 0.05) is 11.6 Å². The Bertz CT molecular complexity index is 335. The minimum atomic E-state index is -0.527. The number of aliphatic hydroxyl groups excluding tert-OH is 1. The fourth-order valence-corrected chi connectivity index (χ4v) is 1.49. The predicted octanol–water partition coefficient (Wildman–Crippen LogP) is 2.42.